The molecule has 16 heavy (non-hydrogen) atoms. The van der Waals surface area contributed by atoms with Gasteiger partial charge in [0.15, 0.2) is 0 Å². The molecule has 1 heterocycles. The fourth-order valence-electron chi connectivity index (χ4n) is 1.47. The fourth-order valence-corrected chi connectivity index (χ4v) is 1.47. The van der Waals surface area contributed by atoms with Gasteiger partial charge in [0.25, 0.3) is 0 Å². The first kappa shape index (κ1) is 12.7. The highest BCUT2D eigenvalue weighted by Gasteiger charge is 2.12. The lowest BCUT2D eigenvalue weighted by Crippen LogP contribution is -2.29. The molecule has 0 aliphatic heterocycles. The van der Waals surface area contributed by atoms with Crippen molar-refractivity contribution in [2.45, 2.75) is 33.2 Å². The average molecular weight is 224 g/mol. The standard InChI is InChI=1S/C11H20N4O/c1-8(4-3-5-12)11(16)13-6-10-7-14-15-9(10)2/h7-8H,3-6,12H2,1-2H3,(H,13,16)(H,14,15). The van der Waals surface area contributed by atoms with Gasteiger partial charge in [-0.3, -0.25) is 9.89 Å². The van der Waals surface area contributed by atoms with Crippen molar-refractivity contribution >= 4 is 5.91 Å². The molecule has 5 nitrogen and oxygen atoms in total. The van der Waals surface area contributed by atoms with Gasteiger partial charge in [-0.15, -0.1) is 0 Å². The molecular weight excluding hydrogens is 204 g/mol. The minimum atomic E-state index is 0.0238. The summed E-state index contributed by atoms with van der Waals surface area (Å²) in [5, 5.41) is 9.63. The van der Waals surface area contributed by atoms with Crippen molar-refractivity contribution in [1.29, 1.82) is 0 Å². The smallest absolute Gasteiger partial charge is 0.223 e. The highest BCUT2D eigenvalue weighted by Crippen LogP contribution is 2.06. The van der Waals surface area contributed by atoms with Crippen molar-refractivity contribution in [3.8, 4) is 0 Å². The van der Waals surface area contributed by atoms with E-state index < -0.39 is 0 Å². The Balaban J connectivity index is 2.32. The molecule has 1 amide bonds. The first-order chi connectivity index (χ1) is 7.65. The van der Waals surface area contributed by atoms with Gasteiger partial charge in [0, 0.05) is 23.7 Å². The average Bonchev–Trinajstić information content (AvgIpc) is 2.68. The van der Waals surface area contributed by atoms with Crippen molar-refractivity contribution in [3.63, 3.8) is 0 Å². The van der Waals surface area contributed by atoms with E-state index in [9.17, 15) is 4.79 Å². The van der Waals surface area contributed by atoms with Crippen LogP contribution in [0.4, 0.5) is 0 Å². The molecule has 0 radical (unpaired) electrons. The van der Waals surface area contributed by atoms with Crippen molar-refractivity contribution < 1.29 is 4.79 Å². The fraction of sp³-hybridized carbons (Fsp3) is 0.636. The summed E-state index contributed by atoms with van der Waals surface area (Å²) in [7, 11) is 0. The van der Waals surface area contributed by atoms with Gasteiger partial charge >= 0.3 is 0 Å². The van der Waals surface area contributed by atoms with Crippen LogP contribution in [-0.2, 0) is 11.3 Å². The molecule has 5 heteroatoms. The maximum atomic E-state index is 11.7. The summed E-state index contributed by atoms with van der Waals surface area (Å²) in [5.41, 5.74) is 7.43. The number of amides is 1. The Hall–Kier alpha value is -1.36. The molecule has 1 aromatic heterocycles. The van der Waals surface area contributed by atoms with Crippen LogP contribution in [-0.4, -0.2) is 22.6 Å². The first-order valence-electron chi connectivity index (χ1n) is 5.61. The molecule has 0 aliphatic carbocycles. The molecule has 1 rings (SSSR count). The summed E-state index contributed by atoms with van der Waals surface area (Å²) in [6.07, 6.45) is 3.46. The molecule has 1 unspecified atom stereocenters. The third-order valence-electron chi connectivity index (χ3n) is 2.68. The van der Waals surface area contributed by atoms with E-state index in [0.717, 1.165) is 24.1 Å². The molecule has 0 bridgehead atoms. The Morgan fingerprint density at radius 1 is 1.69 bits per heavy atom. The molecular formula is C11H20N4O. The van der Waals surface area contributed by atoms with Gasteiger partial charge < -0.3 is 11.1 Å². The van der Waals surface area contributed by atoms with Crippen LogP contribution >= 0.6 is 0 Å². The number of carbonyl (C=O) groups is 1. The molecule has 0 saturated carbocycles. The van der Waals surface area contributed by atoms with Gasteiger partial charge in [-0.2, -0.15) is 5.10 Å². The molecule has 4 N–H and O–H groups in total. The van der Waals surface area contributed by atoms with Gasteiger partial charge in [-0.25, -0.2) is 0 Å². The van der Waals surface area contributed by atoms with E-state index in [4.69, 9.17) is 5.73 Å². The summed E-state index contributed by atoms with van der Waals surface area (Å²) in [6, 6.07) is 0. The number of aryl methyl sites for hydroxylation is 1. The minimum absolute atomic E-state index is 0.0238. The highest BCUT2D eigenvalue weighted by atomic mass is 16.1. The first-order valence-corrected chi connectivity index (χ1v) is 5.61. The number of aromatic nitrogens is 2. The molecule has 1 atom stereocenters. The van der Waals surface area contributed by atoms with Gasteiger partial charge in [0.1, 0.15) is 0 Å². The van der Waals surface area contributed by atoms with Crippen LogP contribution < -0.4 is 11.1 Å². The van der Waals surface area contributed by atoms with Crippen molar-refractivity contribution in [3.05, 3.63) is 17.5 Å². The number of H-pyrrole nitrogens is 1. The van der Waals surface area contributed by atoms with Crippen molar-refractivity contribution in [1.82, 2.24) is 15.5 Å². The van der Waals surface area contributed by atoms with Crippen LogP contribution in [0.25, 0.3) is 0 Å². The molecule has 0 saturated heterocycles. The lowest BCUT2D eigenvalue weighted by molar-refractivity contribution is -0.124. The summed E-state index contributed by atoms with van der Waals surface area (Å²) in [4.78, 5) is 11.7. The molecule has 0 aromatic carbocycles. The highest BCUT2D eigenvalue weighted by molar-refractivity contribution is 5.78. The van der Waals surface area contributed by atoms with E-state index >= 15 is 0 Å². The summed E-state index contributed by atoms with van der Waals surface area (Å²) in [5.74, 6) is 0.102. The quantitative estimate of drug-likeness (QED) is 0.665. The predicted molar refractivity (Wildman–Crippen MR) is 62.6 cm³/mol. The van der Waals surface area contributed by atoms with Crippen molar-refractivity contribution in [2.75, 3.05) is 6.54 Å². The Kier molecular flexibility index (Phi) is 4.98. The zero-order valence-electron chi connectivity index (χ0n) is 9.92. The minimum Gasteiger partial charge on any atom is -0.352 e. The predicted octanol–water partition coefficient (Wildman–Crippen LogP) is 0.709. The Morgan fingerprint density at radius 3 is 3.00 bits per heavy atom. The lowest BCUT2D eigenvalue weighted by Gasteiger charge is -2.11. The zero-order chi connectivity index (χ0) is 12.0. The third kappa shape index (κ3) is 3.66. The largest absolute Gasteiger partial charge is 0.352 e. The Bertz CT molecular complexity index is 334. The van der Waals surface area contributed by atoms with Gasteiger partial charge in [0.05, 0.1) is 6.20 Å². The van der Waals surface area contributed by atoms with Crippen LogP contribution in [0, 0.1) is 12.8 Å². The van der Waals surface area contributed by atoms with Crippen molar-refractivity contribution in [2.24, 2.45) is 11.7 Å². The summed E-state index contributed by atoms with van der Waals surface area (Å²) in [6.45, 7) is 5.03. The van der Waals surface area contributed by atoms with Crippen LogP contribution in [0.1, 0.15) is 31.0 Å². The number of rotatable bonds is 6. The Labute approximate surface area is 95.8 Å². The summed E-state index contributed by atoms with van der Waals surface area (Å²) >= 11 is 0. The second-order valence-corrected chi connectivity index (χ2v) is 4.07. The van der Waals surface area contributed by atoms with E-state index in [1.807, 2.05) is 13.8 Å². The maximum Gasteiger partial charge on any atom is 0.223 e. The number of nitrogens with zero attached hydrogens (tertiary/aromatic N) is 1. The summed E-state index contributed by atoms with van der Waals surface area (Å²) < 4.78 is 0. The lowest BCUT2D eigenvalue weighted by atomic mass is 10.0. The number of carbonyl (C=O) groups excluding carboxylic acids is 1. The van der Waals surface area contributed by atoms with E-state index in [0.29, 0.717) is 13.1 Å². The van der Waals surface area contributed by atoms with E-state index in [-0.39, 0.29) is 11.8 Å². The van der Waals surface area contributed by atoms with Gasteiger partial charge in [0.2, 0.25) is 5.91 Å². The topological polar surface area (TPSA) is 83.8 Å². The second-order valence-electron chi connectivity index (χ2n) is 4.07. The van der Waals surface area contributed by atoms with Gasteiger partial charge in [-0.1, -0.05) is 6.92 Å². The third-order valence-corrected chi connectivity index (χ3v) is 2.68. The van der Waals surface area contributed by atoms with E-state index in [1.54, 1.807) is 6.20 Å². The molecule has 0 fully saturated rings. The number of hydrogen-bond donors (Lipinski definition) is 3. The number of aromatic amines is 1. The maximum absolute atomic E-state index is 11.7. The number of hydrogen-bond acceptors (Lipinski definition) is 3. The van der Waals surface area contributed by atoms with E-state index in [1.165, 1.54) is 0 Å². The van der Waals surface area contributed by atoms with Crippen LogP contribution in [0.15, 0.2) is 6.20 Å². The molecule has 0 spiro atoms. The van der Waals surface area contributed by atoms with E-state index in [2.05, 4.69) is 15.5 Å². The van der Waals surface area contributed by atoms with Crippen LogP contribution in [0.3, 0.4) is 0 Å². The molecule has 0 aliphatic rings. The number of nitrogens with one attached hydrogen (secondary N) is 2. The zero-order valence-corrected chi connectivity index (χ0v) is 9.92. The Morgan fingerprint density at radius 2 is 2.44 bits per heavy atom. The SMILES string of the molecule is Cc1[nH]ncc1CNC(=O)C(C)CCCN. The molecule has 1 aromatic rings. The number of nitrogens with two attached hydrogens (primary N) is 1. The van der Waals surface area contributed by atoms with Crippen LogP contribution in [0.5, 0.6) is 0 Å². The second kappa shape index (κ2) is 6.27. The normalized spacial score (nSPS) is 12.4. The monoisotopic (exact) mass is 224 g/mol. The van der Waals surface area contributed by atoms with Gasteiger partial charge in [-0.05, 0) is 26.3 Å². The van der Waals surface area contributed by atoms with Crippen LogP contribution in [0.2, 0.25) is 0 Å². The molecule has 90 valence electrons.